The van der Waals surface area contributed by atoms with Gasteiger partial charge >= 0.3 is 0 Å². The van der Waals surface area contributed by atoms with Gasteiger partial charge in [0.2, 0.25) is 0 Å². The Labute approximate surface area is 105 Å². The second-order valence-electron chi connectivity index (χ2n) is 4.38. The van der Waals surface area contributed by atoms with Gasteiger partial charge in [0.1, 0.15) is 12.4 Å². The van der Waals surface area contributed by atoms with E-state index in [1.54, 1.807) is 0 Å². The van der Waals surface area contributed by atoms with Crippen LogP contribution in [-0.2, 0) is 5.41 Å². The molecule has 0 aromatic heterocycles. The Hall–Kier alpha value is -0.690. The average molecular weight is 314 g/mol. The average Bonchev–Trinajstić information content (AvgIpc) is 2.12. The molecule has 0 atom stereocenters. The highest BCUT2D eigenvalue weighted by atomic mass is 127. The smallest absolute Gasteiger partial charge is 0.148 e. The van der Waals surface area contributed by atoms with Crippen molar-refractivity contribution in [2.75, 3.05) is 6.61 Å². The van der Waals surface area contributed by atoms with Gasteiger partial charge in [0.15, 0.2) is 0 Å². The Morgan fingerprint density at radius 2 is 2.07 bits per heavy atom. The van der Waals surface area contributed by atoms with Gasteiger partial charge in [-0.05, 0) is 45.7 Å². The van der Waals surface area contributed by atoms with Crippen molar-refractivity contribution in [1.29, 1.82) is 0 Å². The van der Waals surface area contributed by atoms with Gasteiger partial charge in [-0.25, -0.2) is 0 Å². The van der Waals surface area contributed by atoms with Crippen molar-refractivity contribution in [2.24, 2.45) is 0 Å². The second kappa shape index (κ2) is 4.89. The molecule has 1 aromatic rings. The van der Waals surface area contributed by atoms with Crippen LogP contribution in [0.25, 0.3) is 0 Å². The number of terminal acetylenes is 1. The third-order valence-corrected chi connectivity index (χ3v) is 2.73. The minimum atomic E-state index is 0.0777. The zero-order chi connectivity index (χ0) is 11.5. The van der Waals surface area contributed by atoms with Gasteiger partial charge in [-0.15, -0.1) is 6.42 Å². The van der Waals surface area contributed by atoms with E-state index in [0.29, 0.717) is 6.61 Å². The highest BCUT2D eigenvalue weighted by molar-refractivity contribution is 14.1. The lowest BCUT2D eigenvalue weighted by atomic mass is 9.86. The topological polar surface area (TPSA) is 9.23 Å². The minimum absolute atomic E-state index is 0.0777. The lowest BCUT2D eigenvalue weighted by Crippen LogP contribution is -2.13. The van der Waals surface area contributed by atoms with Gasteiger partial charge in [-0.1, -0.05) is 32.8 Å². The summed E-state index contributed by atoms with van der Waals surface area (Å²) in [5.74, 6) is 3.39. The minimum Gasteiger partial charge on any atom is -0.481 e. The van der Waals surface area contributed by atoms with Crippen molar-refractivity contribution in [3.05, 3.63) is 27.3 Å². The van der Waals surface area contributed by atoms with Crippen molar-refractivity contribution in [2.45, 2.75) is 26.2 Å². The predicted octanol–water partition coefficient (Wildman–Crippen LogP) is 3.60. The van der Waals surface area contributed by atoms with Crippen molar-refractivity contribution in [1.82, 2.24) is 0 Å². The molecule has 15 heavy (non-hydrogen) atoms. The maximum atomic E-state index is 5.55. The van der Waals surface area contributed by atoms with E-state index in [1.165, 1.54) is 5.56 Å². The molecule has 0 aliphatic heterocycles. The molecule has 0 unspecified atom stereocenters. The molecule has 0 amide bonds. The second-order valence-corrected chi connectivity index (χ2v) is 5.63. The summed E-state index contributed by atoms with van der Waals surface area (Å²) in [6.07, 6.45) is 5.20. The summed E-state index contributed by atoms with van der Waals surface area (Å²) >= 11 is 2.27. The number of rotatable bonds is 2. The van der Waals surface area contributed by atoms with E-state index in [2.05, 4.69) is 61.4 Å². The molecule has 1 nitrogen and oxygen atoms in total. The van der Waals surface area contributed by atoms with E-state index in [0.717, 1.165) is 9.32 Å². The van der Waals surface area contributed by atoms with E-state index < -0.39 is 0 Å². The van der Waals surface area contributed by atoms with Crippen molar-refractivity contribution in [3.8, 4) is 18.1 Å². The first kappa shape index (κ1) is 12.4. The molecule has 0 fully saturated rings. The van der Waals surface area contributed by atoms with Gasteiger partial charge < -0.3 is 4.74 Å². The van der Waals surface area contributed by atoms with Crippen LogP contribution in [-0.4, -0.2) is 6.61 Å². The Morgan fingerprint density at radius 3 is 2.60 bits per heavy atom. The number of benzene rings is 1. The molecular weight excluding hydrogens is 299 g/mol. The van der Waals surface area contributed by atoms with E-state index in [1.807, 2.05) is 6.07 Å². The molecule has 0 spiro atoms. The van der Waals surface area contributed by atoms with E-state index in [9.17, 15) is 0 Å². The summed E-state index contributed by atoms with van der Waals surface area (Å²) in [5, 5.41) is 0. The first-order chi connectivity index (χ1) is 6.95. The lowest BCUT2D eigenvalue weighted by Gasteiger charge is -2.22. The molecule has 0 saturated carbocycles. The molecule has 80 valence electrons. The number of hydrogen-bond donors (Lipinski definition) is 0. The van der Waals surface area contributed by atoms with Crippen molar-refractivity contribution in [3.63, 3.8) is 0 Å². The fraction of sp³-hybridized carbons (Fsp3) is 0.385. The number of hydrogen-bond acceptors (Lipinski definition) is 1. The molecule has 1 rings (SSSR count). The zero-order valence-corrected chi connectivity index (χ0v) is 11.5. The molecule has 0 saturated heterocycles. The highest BCUT2D eigenvalue weighted by Crippen LogP contribution is 2.32. The van der Waals surface area contributed by atoms with E-state index in [-0.39, 0.29) is 5.41 Å². The Balaban J connectivity index is 3.10. The zero-order valence-electron chi connectivity index (χ0n) is 9.30. The molecule has 0 aliphatic rings. The van der Waals surface area contributed by atoms with Gasteiger partial charge in [0, 0.05) is 3.57 Å². The molecule has 1 aromatic carbocycles. The SMILES string of the molecule is C#CCOc1cc(I)ccc1C(C)(C)C. The first-order valence-corrected chi connectivity index (χ1v) is 5.89. The summed E-state index contributed by atoms with van der Waals surface area (Å²) in [6, 6.07) is 6.22. The summed E-state index contributed by atoms with van der Waals surface area (Å²) in [6.45, 7) is 6.82. The van der Waals surface area contributed by atoms with Gasteiger partial charge in [-0.2, -0.15) is 0 Å². The molecule has 0 radical (unpaired) electrons. The summed E-state index contributed by atoms with van der Waals surface area (Å²) in [7, 11) is 0. The van der Waals surface area contributed by atoms with Gasteiger partial charge in [-0.3, -0.25) is 0 Å². The standard InChI is InChI=1S/C13H15IO/c1-5-8-15-12-9-10(14)6-7-11(12)13(2,3)4/h1,6-7,9H,8H2,2-4H3. The van der Waals surface area contributed by atoms with Crippen LogP contribution in [0.4, 0.5) is 0 Å². The third-order valence-electron chi connectivity index (χ3n) is 2.06. The van der Waals surface area contributed by atoms with Crippen LogP contribution in [0, 0.1) is 15.9 Å². The molecule has 0 bridgehead atoms. The Morgan fingerprint density at radius 1 is 1.40 bits per heavy atom. The van der Waals surface area contributed by atoms with Gasteiger partial charge in [0.25, 0.3) is 0 Å². The fourth-order valence-electron chi connectivity index (χ4n) is 1.35. The largest absolute Gasteiger partial charge is 0.481 e. The maximum Gasteiger partial charge on any atom is 0.148 e. The van der Waals surface area contributed by atoms with Crippen LogP contribution < -0.4 is 4.74 Å². The Bertz CT molecular complexity index is 383. The maximum absolute atomic E-state index is 5.55. The van der Waals surface area contributed by atoms with Crippen molar-refractivity contribution < 1.29 is 4.74 Å². The molecule has 2 heteroatoms. The highest BCUT2D eigenvalue weighted by Gasteiger charge is 2.18. The normalized spacial score (nSPS) is 10.9. The lowest BCUT2D eigenvalue weighted by molar-refractivity contribution is 0.357. The summed E-state index contributed by atoms with van der Waals surface area (Å²) in [5.41, 5.74) is 1.27. The van der Waals surface area contributed by atoms with Crippen molar-refractivity contribution >= 4 is 22.6 Å². The van der Waals surface area contributed by atoms with E-state index in [4.69, 9.17) is 11.2 Å². The number of halogens is 1. The van der Waals surface area contributed by atoms with Crippen LogP contribution in [0.2, 0.25) is 0 Å². The fourth-order valence-corrected chi connectivity index (χ4v) is 1.82. The number of ether oxygens (including phenoxy) is 1. The quantitative estimate of drug-likeness (QED) is 0.599. The van der Waals surface area contributed by atoms with Crippen LogP contribution in [0.15, 0.2) is 18.2 Å². The summed E-state index contributed by atoms with van der Waals surface area (Å²) < 4.78 is 6.71. The van der Waals surface area contributed by atoms with Gasteiger partial charge in [0.05, 0.1) is 0 Å². The van der Waals surface area contributed by atoms with Crippen LogP contribution >= 0.6 is 22.6 Å². The van der Waals surface area contributed by atoms with Crippen LogP contribution in [0.1, 0.15) is 26.3 Å². The first-order valence-electron chi connectivity index (χ1n) is 4.81. The Kier molecular flexibility index (Phi) is 4.04. The molecule has 0 N–H and O–H groups in total. The summed E-state index contributed by atoms with van der Waals surface area (Å²) in [4.78, 5) is 0. The monoisotopic (exact) mass is 314 g/mol. The molecular formula is C13H15IO. The van der Waals surface area contributed by atoms with Crippen LogP contribution in [0.5, 0.6) is 5.75 Å². The molecule has 0 heterocycles. The third kappa shape index (κ3) is 3.42. The van der Waals surface area contributed by atoms with Crippen LogP contribution in [0.3, 0.4) is 0 Å². The van der Waals surface area contributed by atoms with E-state index >= 15 is 0 Å². The predicted molar refractivity (Wildman–Crippen MR) is 72.2 cm³/mol. The molecule has 0 aliphatic carbocycles.